The number of ether oxygens (including phenoxy) is 3. The predicted molar refractivity (Wildman–Crippen MR) is 62.8 cm³/mol. The number of carboxylic acids is 1. The van der Waals surface area contributed by atoms with Crippen LogP contribution in [-0.2, 0) is 11.3 Å². The molecule has 98 valence electrons. The van der Waals surface area contributed by atoms with Gasteiger partial charge >= 0.3 is 5.97 Å². The number of hydrogen-bond donors (Lipinski definition) is 2. The van der Waals surface area contributed by atoms with E-state index in [1.807, 2.05) is 0 Å². The maximum Gasteiger partial charge on any atom is 0.344 e. The molecular formula is C12H15NO5. The third kappa shape index (κ3) is 2.33. The molecule has 1 atom stereocenters. The first-order chi connectivity index (χ1) is 8.65. The average Bonchev–Trinajstić information content (AvgIpc) is 2.81. The average molecular weight is 253 g/mol. The van der Waals surface area contributed by atoms with Crippen molar-refractivity contribution in [1.29, 1.82) is 0 Å². The number of aliphatic carboxylic acids is 1. The number of rotatable bonds is 5. The summed E-state index contributed by atoms with van der Waals surface area (Å²) < 4.78 is 15.9. The molecule has 0 fully saturated rings. The third-order valence-electron chi connectivity index (χ3n) is 2.69. The Hall–Kier alpha value is -1.95. The molecule has 0 saturated heterocycles. The van der Waals surface area contributed by atoms with Gasteiger partial charge in [0.15, 0.2) is 17.6 Å². The monoisotopic (exact) mass is 253 g/mol. The van der Waals surface area contributed by atoms with E-state index in [0.717, 1.165) is 0 Å². The van der Waals surface area contributed by atoms with Crippen LogP contribution in [0.1, 0.15) is 18.9 Å². The van der Waals surface area contributed by atoms with Crippen LogP contribution in [0.2, 0.25) is 0 Å². The van der Waals surface area contributed by atoms with Crippen LogP contribution >= 0.6 is 0 Å². The Balaban J connectivity index is 2.29. The van der Waals surface area contributed by atoms with Crippen molar-refractivity contribution >= 4 is 5.97 Å². The molecule has 18 heavy (non-hydrogen) atoms. The van der Waals surface area contributed by atoms with E-state index in [-0.39, 0.29) is 13.3 Å². The predicted octanol–water partition coefficient (Wildman–Crippen LogP) is 1.12. The van der Waals surface area contributed by atoms with Crippen LogP contribution in [0.15, 0.2) is 12.1 Å². The molecule has 6 heteroatoms. The number of carbonyl (C=O) groups is 1. The van der Waals surface area contributed by atoms with Gasteiger partial charge in [-0.15, -0.1) is 0 Å². The SMILES string of the molecule is CCC(Oc1cc2c(cc1CN)OCO2)C(=O)O. The summed E-state index contributed by atoms with van der Waals surface area (Å²) >= 11 is 0. The van der Waals surface area contributed by atoms with Crippen molar-refractivity contribution in [3.8, 4) is 17.2 Å². The Kier molecular flexibility index (Phi) is 3.57. The van der Waals surface area contributed by atoms with Crippen LogP contribution in [0.5, 0.6) is 17.2 Å². The van der Waals surface area contributed by atoms with Crippen LogP contribution < -0.4 is 19.9 Å². The van der Waals surface area contributed by atoms with Gasteiger partial charge in [-0.25, -0.2) is 4.79 Å². The van der Waals surface area contributed by atoms with E-state index < -0.39 is 12.1 Å². The van der Waals surface area contributed by atoms with Gasteiger partial charge in [0.25, 0.3) is 0 Å². The van der Waals surface area contributed by atoms with Crippen LogP contribution in [0.25, 0.3) is 0 Å². The van der Waals surface area contributed by atoms with Crippen molar-refractivity contribution in [3.05, 3.63) is 17.7 Å². The van der Waals surface area contributed by atoms with Gasteiger partial charge in [-0.3, -0.25) is 0 Å². The minimum Gasteiger partial charge on any atom is -0.479 e. The Morgan fingerprint density at radius 3 is 2.72 bits per heavy atom. The second-order valence-electron chi connectivity index (χ2n) is 3.87. The van der Waals surface area contributed by atoms with Gasteiger partial charge in [-0.1, -0.05) is 6.92 Å². The van der Waals surface area contributed by atoms with E-state index in [9.17, 15) is 4.79 Å². The van der Waals surface area contributed by atoms with E-state index in [2.05, 4.69) is 0 Å². The van der Waals surface area contributed by atoms with Crippen molar-refractivity contribution in [1.82, 2.24) is 0 Å². The maximum absolute atomic E-state index is 11.0. The highest BCUT2D eigenvalue weighted by Gasteiger charge is 2.22. The highest BCUT2D eigenvalue weighted by atomic mass is 16.7. The molecule has 2 rings (SSSR count). The first kappa shape index (κ1) is 12.5. The van der Waals surface area contributed by atoms with Gasteiger partial charge < -0.3 is 25.1 Å². The largest absolute Gasteiger partial charge is 0.479 e. The first-order valence-corrected chi connectivity index (χ1v) is 5.67. The van der Waals surface area contributed by atoms with Gasteiger partial charge in [0.2, 0.25) is 6.79 Å². The molecule has 0 spiro atoms. The Bertz CT molecular complexity index is 460. The fourth-order valence-corrected chi connectivity index (χ4v) is 1.70. The van der Waals surface area contributed by atoms with Crippen molar-refractivity contribution in [2.45, 2.75) is 26.0 Å². The summed E-state index contributed by atoms with van der Waals surface area (Å²) in [6.07, 6.45) is -0.524. The summed E-state index contributed by atoms with van der Waals surface area (Å²) in [5, 5.41) is 8.98. The zero-order valence-electron chi connectivity index (χ0n) is 10.0. The molecule has 1 unspecified atom stereocenters. The van der Waals surface area contributed by atoms with E-state index in [4.69, 9.17) is 25.1 Å². The lowest BCUT2D eigenvalue weighted by molar-refractivity contribution is -0.145. The summed E-state index contributed by atoms with van der Waals surface area (Å²) in [6, 6.07) is 3.34. The molecule has 1 aliphatic heterocycles. The molecule has 1 heterocycles. The zero-order valence-corrected chi connectivity index (χ0v) is 10.0. The summed E-state index contributed by atoms with van der Waals surface area (Å²) in [4.78, 5) is 11.0. The fourth-order valence-electron chi connectivity index (χ4n) is 1.70. The Labute approximate surface area is 104 Å². The normalized spacial score (nSPS) is 14.3. The molecular weight excluding hydrogens is 238 g/mol. The molecule has 0 aromatic heterocycles. The van der Waals surface area contributed by atoms with Crippen LogP contribution in [0, 0.1) is 0 Å². The zero-order chi connectivity index (χ0) is 13.1. The number of fused-ring (bicyclic) bond motifs is 1. The Morgan fingerprint density at radius 2 is 2.17 bits per heavy atom. The minimum absolute atomic E-state index is 0.152. The van der Waals surface area contributed by atoms with E-state index in [1.54, 1.807) is 19.1 Å². The van der Waals surface area contributed by atoms with Crippen LogP contribution in [0.3, 0.4) is 0 Å². The molecule has 3 N–H and O–H groups in total. The molecule has 1 aliphatic rings. The van der Waals surface area contributed by atoms with E-state index >= 15 is 0 Å². The molecule has 0 saturated carbocycles. The quantitative estimate of drug-likeness (QED) is 0.817. The van der Waals surface area contributed by atoms with E-state index in [0.29, 0.717) is 29.2 Å². The lowest BCUT2D eigenvalue weighted by Gasteiger charge is -2.16. The van der Waals surface area contributed by atoms with Gasteiger partial charge in [0.1, 0.15) is 5.75 Å². The lowest BCUT2D eigenvalue weighted by atomic mass is 10.1. The van der Waals surface area contributed by atoms with Crippen LogP contribution in [-0.4, -0.2) is 24.0 Å². The molecule has 6 nitrogen and oxygen atoms in total. The minimum atomic E-state index is -1.00. The van der Waals surface area contributed by atoms with Crippen molar-refractivity contribution in [2.24, 2.45) is 5.73 Å². The topological polar surface area (TPSA) is 91.0 Å². The molecule has 1 aromatic rings. The Morgan fingerprint density at radius 1 is 1.50 bits per heavy atom. The second-order valence-corrected chi connectivity index (χ2v) is 3.87. The van der Waals surface area contributed by atoms with Gasteiger partial charge in [0.05, 0.1) is 0 Å². The first-order valence-electron chi connectivity index (χ1n) is 5.67. The second kappa shape index (κ2) is 5.14. The number of hydrogen-bond acceptors (Lipinski definition) is 5. The summed E-state index contributed by atoms with van der Waals surface area (Å²) in [5.41, 5.74) is 6.31. The summed E-state index contributed by atoms with van der Waals surface area (Å²) in [6.45, 7) is 2.13. The number of benzene rings is 1. The maximum atomic E-state index is 11.0. The molecule has 0 aliphatic carbocycles. The van der Waals surface area contributed by atoms with Crippen molar-refractivity contribution in [2.75, 3.05) is 6.79 Å². The lowest BCUT2D eigenvalue weighted by Crippen LogP contribution is -2.26. The molecule has 0 amide bonds. The van der Waals surface area contributed by atoms with E-state index in [1.165, 1.54) is 0 Å². The van der Waals surface area contributed by atoms with Crippen molar-refractivity contribution in [3.63, 3.8) is 0 Å². The molecule has 0 radical (unpaired) electrons. The number of nitrogens with two attached hydrogens (primary N) is 1. The van der Waals surface area contributed by atoms with Crippen molar-refractivity contribution < 1.29 is 24.1 Å². The van der Waals surface area contributed by atoms with Gasteiger partial charge in [0, 0.05) is 18.2 Å². The summed E-state index contributed by atoms with van der Waals surface area (Å²) in [5.74, 6) is 0.572. The highest BCUT2D eigenvalue weighted by Crippen LogP contribution is 2.38. The van der Waals surface area contributed by atoms with Gasteiger partial charge in [-0.05, 0) is 12.5 Å². The third-order valence-corrected chi connectivity index (χ3v) is 2.69. The number of carboxylic acid groups (broad SMARTS) is 1. The summed E-state index contributed by atoms with van der Waals surface area (Å²) in [7, 11) is 0. The van der Waals surface area contributed by atoms with Gasteiger partial charge in [-0.2, -0.15) is 0 Å². The molecule has 0 bridgehead atoms. The van der Waals surface area contributed by atoms with Crippen LogP contribution in [0.4, 0.5) is 0 Å². The standard InChI is InChI=1S/C12H15NO5/c1-2-8(12(14)15)18-9-4-11-10(16-6-17-11)3-7(9)5-13/h3-4,8H,2,5-6,13H2,1H3,(H,14,15). The molecule has 1 aromatic carbocycles. The smallest absolute Gasteiger partial charge is 0.344 e. The fraction of sp³-hybridized carbons (Fsp3) is 0.417. The highest BCUT2D eigenvalue weighted by molar-refractivity contribution is 5.72.